The van der Waals surface area contributed by atoms with E-state index < -0.39 is 17.6 Å². The number of hydrogen-bond donors (Lipinski definition) is 1. The third kappa shape index (κ3) is 4.00. The summed E-state index contributed by atoms with van der Waals surface area (Å²) >= 11 is 0. The Morgan fingerprint density at radius 1 is 1.29 bits per heavy atom. The van der Waals surface area contributed by atoms with Gasteiger partial charge in [-0.15, -0.1) is 0 Å². The summed E-state index contributed by atoms with van der Waals surface area (Å²) in [6.45, 7) is 0.195. The van der Waals surface area contributed by atoms with Crippen molar-refractivity contribution < 1.29 is 23.5 Å². The van der Waals surface area contributed by atoms with Crippen molar-refractivity contribution in [3.63, 3.8) is 0 Å². The zero-order chi connectivity index (χ0) is 17.5. The molecule has 2 rings (SSSR count). The number of rotatable bonds is 7. The number of furan rings is 1. The maximum absolute atomic E-state index is 12.3. The van der Waals surface area contributed by atoms with Gasteiger partial charge in [0.15, 0.2) is 11.7 Å². The summed E-state index contributed by atoms with van der Waals surface area (Å²) in [7, 11) is 2.99. The summed E-state index contributed by atoms with van der Waals surface area (Å²) in [5.74, 6) is -2.04. The fourth-order valence-corrected chi connectivity index (χ4v) is 2.02. The molecule has 7 heteroatoms. The molecule has 1 amide bonds. The van der Waals surface area contributed by atoms with Crippen LogP contribution in [0.2, 0.25) is 0 Å². The molecule has 0 aliphatic rings. The van der Waals surface area contributed by atoms with Crippen LogP contribution < -0.4 is 10.1 Å². The third-order valence-corrected chi connectivity index (χ3v) is 3.18. The standard InChI is InChI=1S/C17H16N2O5/c1-22-10-13-6-7-15(24-13)16(20)14(9-18)17(21)19-11-4-3-5-12(8-11)23-2/h3-8,14H,10H2,1-2H3,(H,19,21). The Kier molecular flexibility index (Phi) is 5.71. The first kappa shape index (κ1) is 17.2. The van der Waals surface area contributed by atoms with Gasteiger partial charge in [-0.05, 0) is 24.3 Å². The maximum Gasteiger partial charge on any atom is 0.249 e. The number of anilines is 1. The Bertz CT molecular complexity index is 775. The topological polar surface area (TPSA) is 102 Å². The first-order valence-corrected chi connectivity index (χ1v) is 7.05. The number of ether oxygens (including phenoxy) is 2. The van der Waals surface area contributed by atoms with Gasteiger partial charge < -0.3 is 19.2 Å². The van der Waals surface area contributed by atoms with Gasteiger partial charge in [0.1, 0.15) is 18.1 Å². The summed E-state index contributed by atoms with van der Waals surface area (Å²) < 4.78 is 15.2. The molecule has 1 unspecified atom stereocenters. The van der Waals surface area contributed by atoms with E-state index in [1.165, 1.54) is 20.3 Å². The second kappa shape index (κ2) is 7.94. The highest BCUT2D eigenvalue weighted by atomic mass is 16.5. The van der Waals surface area contributed by atoms with E-state index in [9.17, 15) is 14.9 Å². The van der Waals surface area contributed by atoms with E-state index >= 15 is 0 Å². The van der Waals surface area contributed by atoms with Gasteiger partial charge in [-0.2, -0.15) is 5.26 Å². The lowest BCUT2D eigenvalue weighted by Crippen LogP contribution is -2.28. The maximum atomic E-state index is 12.3. The van der Waals surface area contributed by atoms with Gasteiger partial charge in [0, 0.05) is 18.9 Å². The van der Waals surface area contributed by atoms with Crippen LogP contribution >= 0.6 is 0 Å². The van der Waals surface area contributed by atoms with Gasteiger partial charge in [-0.1, -0.05) is 6.07 Å². The van der Waals surface area contributed by atoms with Crippen molar-refractivity contribution in [3.05, 3.63) is 47.9 Å². The van der Waals surface area contributed by atoms with Crippen molar-refractivity contribution in [1.82, 2.24) is 0 Å². The van der Waals surface area contributed by atoms with Crippen molar-refractivity contribution in [2.45, 2.75) is 6.61 Å². The Morgan fingerprint density at radius 2 is 2.08 bits per heavy atom. The second-order valence-corrected chi connectivity index (χ2v) is 4.85. The Morgan fingerprint density at radius 3 is 2.75 bits per heavy atom. The molecule has 24 heavy (non-hydrogen) atoms. The van der Waals surface area contributed by atoms with E-state index in [-0.39, 0.29) is 12.4 Å². The van der Waals surface area contributed by atoms with Crippen molar-refractivity contribution in [2.24, 2.45) is 5.92 Å². The molecule has 2 aromatic rings. The number of benzene rings is 1. The van der Waals surface area contributed by atoms with Crippen molar-refractivity contribution in [2.75, 3.05) is 19.5 Å². The van der Waals surface area contributed by atoms with Gasteiger partial charge in [0.05, 0.1) is 13.2 Å². The van der Waals surface area contributed by atoms with Gasteiger partial charge in [-0.3, -0.25) is 9.59 Å². The molecular formula is C17H16N2O5. The number of nitriles is 1. The molecule has 1 N–H and O–H groups in total. The minimum Gasteiger partial charge on any atom is -0.497 e. The van der Waals surface area contributed by atoms with Crippen molar-refractivity contribution >= 4 is 17.4 Å². The van der Waals surface area contributed by atoms with Crippen molar-refractivity contribution in [1.29, 1.82) is 5.26 Å². The Labute approximate surface area is 138 Å². The van der Waals surface area contributed by atoms with Crippen LogP contribution in [-0.2, 0) is 16.1 Å². The Hall–Kier alpha value is -3.11. The van der Waals surface area contributed by atoms with Crippen LogP contribution in [0.1, 0.15) is 16.3 Å². The van der Waals surface area contributed by atoms with E-state index in [0.29, 0.717) is 17.2 Å². The lowest BCUT2D eigenvalue weighted by atomic mass is 10.0. The molecule has 0 aliphatic heterocycles. The average molecular weight is 328 g/mol. The zero-order valence-electron chi connectivity index (χ0n) is 13.2. The molecule has 0 spiro atoms. The molecule has 0 bridgehead atoms. The number of carbonyl (C=O) groups is 2. The summed E-state index contributed by atoms with van der Waals surface area (Å²) in [5.41, 5.74) is 0.423. The van der Waals surface area contributed by atoms with Crippen LogP contribution in [0.5, 0.6) is 5.75 Å². The van der Waals surface area contributed by atoms with E-state index in [1.54, 1.807) is 36.4 Å². The Balaban J connectivity index is 2.12. The molecule has 0 fully saturated rings. The zero-order valence-corrected chi connectivity index (χ0v) is 13.2. The number of carbonyl (C=O) groups excluding carboxylic acids is 2. The summed E-state index contributed by atoms with van der Waals surface area (Å²) in [6.07, 6.45) is 0. The van der Waals surface area contributed by atoms with Crippen LogP contribution in [0.4, 0.5) is 5.69 Å². The van der Waals surface area contributed by atoms with Crippen LogP contribution in [0.25, 0.3) is 0 Å². The molecule has 0 aliphatic carbocycles. The lowest BCUT2D eigenvalue weighted by Gasteiger charge is -2.09. The lowest BCUT2D eigenvalue weighted by molar-refractivity contribution is -0.117. The smallest absolute Gasteiger partial charge is 0.249 e. The molecule has 0 radical (unpaired) electrons. The molecule has 0 saturated heterocycles. The monoisotopic (exact) mass is 328 g/mol. The quantitative estimate of drug-likeness (QED) is 0.618. The van der Waals surface area contributed by atoms with Crippen LogP contribution in [-0.4, -0.2) is 25.9 Å². The summed E-state index contributed by atoms with van der Waals surface area (Å²) in [4.78, 5) is 24.5. The highest BCUT2D eigenvalue weighted by Gasteiger charge is 2.30. The number of methoxy groups -OCH3 is 2. The minimum atomic E-state index is -1.52. The van der Waals surface area contributed by atoms with E-state index in [0.717, 1.165) is 0 Å². The van der Waals surface area contributed by atoms with E-state index in [1.807, 2.05) is 0 Å². The molecule has 1 heterocycles. The number of nitrogens with one attached hydrogen (secondary N) is 1. The highest BCUT2D eigenvalue weighted by Crippen LogP contribution is 2.19. The summed E-state index contributed by atoms with van der Waals surface area (Å²) in [6, 6.07) is 11.3. The van der Waals surface area contributed by atoms with E-state index in [2.05, 4.69) is 5.32 Å². The van der Waals surface area contributed by atoms with E-state index in [4.69, 9.17) is 13.9 Å². The molecule has 1 atom stereocenters. The second-order valence-electron chi connectivity index (χ2n) is 4.85. The molecule has 0 saturated carbocycles. The highest BCUT2D eigenvalue weighted by molar-refractivity contribution is 6.14. The third-order valence-electron chi connectivity index (χ3n) is 3.18. The summed E-state index contributed by atoms with van der Waals surface area (Å²) in [5, 5.41) is 11.7. The first-order valence-electron chi connectivity index (χ1n) is 7.05. The number of hydrogen-bond acceptors (Lipinski definition) is 6. The minimum absolute atomic E-state index is 0.0607. The number of amides is 1. The fourth-order valence-electron chi connectivity index (χ4n) is 2.02. The molecule has 124 valence electrons. The molecular weight excluding hydrogens is 312 g/mol. The van der Waals surface area contributed by atoms with Gasteiger partial charge in [0.2, 0.25) is 11.7 Å². The van der Waals surface area contributed by atoms with Gasteiger partial charge in [0.25, 0.3) is 0 Å². The first-order chi connectivity index (χ1) is 11.6. The number of nitrogens with zero attached hydrogens (tertiary/aromatic N) is 1. The molecule has 7 nitrogen and oxygen atoms in total. The largest absolute Gasteiger partial charge is 0.497 e. The SMILES string of the molecule is COCc1ccc(C(=O)C(C#N)C(=O)Nc2cccc(OC)c2)o1. The van der Waals surface area contributed by atoms with Crippen LogP contribution in [0, 0.1) is 17.2 Å². The van der Waals surface area contributed by atoms with Gasteiger partial charge >= 0.3 is 0 Å². The molecule has 1 aromatic carbocycles. The normalized spacial score (nSPS) is 11.4. The predicted molar refractivity (Wildman–Crippen MR) is 84.5 cm³/mol. The average Bonchev–Trinajstić information content (AvgIpc) is 3.04. The van der Waals surface area contributed by atoms with Crippen LogP contribution in [0.3, 0.4) is 0 Å². The fraction of sp³-hybridized carbons (Fsp3) is 0.235. The van der Waals surface area contributed by atoms with Gasteiger partial charge in [-0.25, -0.2) is 0 Å². The predicted octanol–water partition coefficient (Wildman–Crippen LogP) is 2.40. The van der Waals surface area contributed by atoms with Crippen molar-refractivity contribution in [3.8, 4) is 11.8 Å². The number of Topliss-reactive ketones (excluding diaryl/α,β-unsaturated/α-hetero) is 1. The number of ketones is 1. The van der Waals surface area contributed by atoms with Crippen LogP contribution in [0.15, 0.2) is 40.8 Å². The molecule has 1 aromatic heterocycles.